The maximum absolute atomic E-state index is 13.8. The second kappa shape index (κ2) is 10.2. The topological polar surface area (TPSA) is 97.6 Å². The largest absolute Gasteiger partial charge is 0.484 e. The molecule has 2 N–H and O–H groups in total. The van der Waals surface area contributed by atoms with Crippen molar-refractivity contribution in [3.05, 3.63) is 74.1 Å². The number of carbonyl (C=O) groups is 2. The fraction of sp³-hybridized carbons (Fsp3) is 0.292. The van der Waals surface area contributed by atoms with Gasteiger partial charge < -0.3 is 19.8 Å². The Labute approximate surface area is 208 Å². The van der Waals surface area contributed by atoms with Crippen molar-refractivity contribution in [1.29, 1.82) is 0 Å². The van der Waals surface area contributed by atoms with E-state index in [0.29, 0.717) is 19.3 Å². The Hall–Kier alpha value is -3.17. The van der Waals surface area contributed by atoms with Crippen LogP contribution in [0.5, 0.6) is 5.75 Å². The quantitative estimate of drug-likeness (QED) is 0.448. The van der Waals surface area contributed by atoms with Gasteiger partial charge in [0, 0.05) is 30.3 Å². The molecule has 1 saturated carbocycles. The van der Waals surface area contributed by atoms with Gasteiger partial charge in [-0.15, -0.1) is 0 Å². The van der Waals surface area contributed by atoms with E-state index in [2.05, 4.69) is 10.6 Å². The van der Waals surface area contributed by atoms with Crippen LogP contribution in [0.3, 0.4) is 0 Å². The van der Waals surface area contributed by atoms with Crippen LogP contribution in [0.2, 0.25) is 10.0 Å². The first-order valence-electron chi connectivity index (χ1n) is 10.8. The Morgan fingerprint density at radius 3 is 2.49 bits per heavy atom. The van der Waals surface area contributed by atoms with Crippen LogP contribution in [0.15, 0.2) is 45.6 Å². The van der Waals surface area contributed by atoms with Gasteiger partial charge in [0.1, 0.15) is 23.0 Å². The predicted octanol–water partition coefficient (Wildman–Crippen LogP) is 4.62. The van der Waals surface area contributed by atoms with Gasteiger partial charge in [-0.2, -0.15) is 0 Å². The van der Waals surface area contributed by atoms with Gasteiger partial charge in [-0.05, 0) is 43.9 Å². The highest BCUT2D eigenvalue weighted by Gasteiger charge is 2.38. The first kappa shape index (κ1) is 24.9. The van der Waals surface area contributed by atoms with E-state index < -0.39 is 34.4 Å². The first-order chi connectivity index (χ1) is 16.7. The van der Waals surface area contributed by atoms with Crippen LogP contribution in [-0.2, 0) is 4.79 Å². The zero-order chi connectivity index (χ0) is 25.2. The summed E-state index contributed by atoms with van der Waals surface area (Å²) >= 11 is 11.3. The van der Waals surface area contributed by atoms with Gasteiger partial charge in [-0.1, -0.05) is 23.2 Å². The molecular weight excluding hydrogens is 505 g/mol. The van der Waals surface area contributed by atoms with Crippen LogP contribution in [0, 0.1) is 11.6 Å². The van der Waals surface area contributed by atoms with E-state index in [1.54, 1.807) is 0 Å². The molecule has 11 heteroatoms. The van der Waals surface area contributed by atoms with Crippen LogP contribution in [0.1, 0.15) is 36.2 Å². The number of hydrogen-bond donors (Lipinski definition) is 2. The van der Waals surface area contributed by atoms with E-state index in [1.807, 2.05) is 0 Å². The van der Waals surface area contributed by atoms with Crippen molar-refractivity contribution in [3.63, 3.8) is 0 Å². The second-order valence-corrected chi connectivity index (χ2v) is 9.10. The molecule has 2 aromatic carbocycles. The fourth-order valence-electron chi connectivity index (χ4n) is 3.81. The zero-order valence-electron chi connectivity index (χ0n) is 18.3. The summed E-state index contributed by atoms with van der Waals surface area (Å²) in [4.78, 5) is 37.2. The van der Waals surface area contributed by atoms with Gasteiger partial charge in [0.15, 0.2) is 17.8 Å². The SMILES string of the molecule is O=C(COc1ccc(Cl)c(F)c1)NCCC1(NC(=O)c2cc(=O)c3cc(Cl)c(F)cc3o2)CCC1. The van der Waals surface area contributed by atoms with Crippen LogP contribution in [0.25, 0.3) is 11.0 Å². The van der Waals surface area contributed by atoms with Gasteiger partial charge in [0.25, 0.3) is 11.8 Å². The van der Waals surface area contributed by atoms with Crippen molar-refractivity contribution in [3.8, 4) is 5.75 Å². The highest BCUT2D eigenvalue weighted by atomic mass is 35.5. The van der Waals surface area contributed by atoms with Crippen LogP contribution < -0.4 is 20.8 Å². The number of halogens is 4. The van der Waals surface area contributed by atoms with Gasteiger partial charge in [0.05, 0.1) is 15.4 Å². The van der Waals surface area contributed by atoms with Crippen molar-refractivity contribution in [2.45, 2.75) is 31.2 Å². The molecule has 0 radical (unpaired) electrons. The molecule has 1 fully saturated rings. The summed E-state index contributed by atoms with van der Waals surface area (Å²) in [5, 5.41) is 5.38. The molecule has 2 amide bonds. The maximum atomic E-state index is 13.8. The molecule has 0 atom stereocenters. The number of fused-ring (bicyclic) bond motifs is 1. The highest BCUT2D eigenvalue weighted by Crippen LogP contribution is 2.35. The minimum atomic E-state index is -0.767. The Balaban J connectivity index is 1.33. The summed E-state index contributed by atoms with van der Waals surface area (Å²) in [5.74, 6) is -2.52. The maximum Gasteiger partial charge on any atom is 0.287 e. The molecule has 0 spiro atoms. The summed E-state index contributed by atoms with van der Waals surface area (Å²) in [6.07, 6.45) is 2.67. The van der Waals surface area contributed by atoms with E-state index >= 15 is 0 Å². The third kappa shape index (κ3) is 5.74. The molecule has 0 saturated heterocycles. The van der Waals surface area contributed by atoms with E-state index in [-0.39, 0.29) is 45.7 Å². The minimum Gasteiger partial charge on any atom is -0.484 e. The number of carbonyl (C=O) groups excluding carboxylic acids is 2. The van der Waals surface area contributed by atoms with E-state index in [0.717, 1.165) is 30.7 Å². The molecule has 1 aliphatic rings. The molecular formula is C24H20Cl2F2N2O5. The molecule has 1 aliphatic carbocycles. The van der Waals surface area contributed by atoms with Gasteiger partial charge >= 0.3 is 0 Å². The average molecular weight is 525 g/mol. The summed E-state index contributed by atoms with van der Waals surface area (Å²) in [6.45, 7) is -0.0634. The highest BCUT2D eigenvalue weighted by molar-refractivity contribution is 6.31. The minimum absolute atomic E-state index is 0.0471. The van der Waals surface area contributed by atoms with Crippen molar-refractivity contribution in [2.75, 3.05) is 13.2 Å². The molecule has 1 heterocycles. The number of amides is 2. The van der Waals surface area contributed by atoms with Crippen molar-refractivity contribution in [2.24, 2.45) is 0 Å². The summed E-state index contributed by atoms with van der Waals surface area (Å²) in [7, 11) is 0. The Kier molecular flexibility index (Phi) is 7.28. The first-order valence-corrected chi connectivity index (χ1v) is 11.5. The lowest BCUT2D eigenvalue weighted by atomic mass is 9.74. The number of benzene rings is 2. The van der Waals surface area contributed by atoms with E-state index in [4.69, 9.17) is 32.4 Å². The average Bonchev–Trinajstić information content (AvgIpc) is 2.79. The molecule has 184 valence electrons. The molecule has 1 aromatic heterocycles. The van der Waals surface area contributed by atoms with Gasteiger partial charge in [0.2, 0.25) is 0 Å². The molecule has 35 heavy (non-hydrogen) atoms. The van der Waals surface area contributed by atoms with E-state index in [9.17, 15) is 23.2 Å². The standard InChI is InChI=1S/C24H20Cl2F2N2O5/c25-15-3-2-13(8-17(15)27)34-12-22(32)29-7-6-24(4-1-5-24)30-23(33)21-11-19(31)14-9-16(26)18(28)10-20(14)35-21/h2-3,8-11H,1,4-7,12H2,(H,29,32)(H,30,33). The smallest absolute Gasteiger partial charge is 0.287 e. The van der Waals surface area contributed by atoms with Gasteiger partial charge in [-0.25, -0.2) is 8.78 Å². The number of hydrogen-bond acceptors (Lipinski definition) is 5. The van der Waals surface area contributed by atoms with Crippen LogP contribution in [-0.4, -0.2) is 30.5 Å². The second-order valence-electron chi connectivity index (χ2n) is 8.29. The third-order valence-corrected chi connectivity index (χ3v) is 6.47. The number of rotatable bonds is 8. The monoisotopic (exact) mass is 524 g/mol. The normalized spacial score (nSPS) is 14.3. The van der Waals surface area contributed by atoms with Crippen LogP contribution in [0.4, 0.5) is 8.78 Å². The lowest BCUT2D eigenvalue weighted by Crippen LogP contribution is -2.55. The van der Waals surface area contributed by atoms with Crippen molar-refractivity contribution < 1.29 is 27.5 Å². The van der Waals surface area contributed by atoms with Crippen LogP contribution >= 0.6 is 23.2 Å². The molecule has 3 aromatic rings. The fourth-order valence-corrected chi connectivity index (χ4v) is 4.09. The summed E-state index contributed by atoms with van der Waals surface area (Å²) in [5.41, 5.74) is -1.18. The molecule has 0 aliphatic heterocycles. The Morgan fingerprint density at radius 1 is 1.06 bits per heavy atom. The summed E-state index contributed by atoms with van der Waals surface area (Å²) in [6, 6.07) is 7.02. The number of nitrogens with one attached hydrogen (secondary N) is 2. The molecule has 4 rings (SSSR count). The van der Waals surface area contributed by atoms with Crippen molar-refractivity contribution >= 4 is 46.0 Å². The third-order valence-electron chi connectivity index (χ3n) is 5.87. The lowest BCUT2D eigenvalue weighted by molar-refractivity contribution is -0.123. The predicted molar refractivity (Wildman–Crippen MR) is 126 cm³/mol. The summed E-state index contributed by atoms with van der Waals surface area (Å²) < 4.78 is 37.9. The Morgan fingerprint density at radius 2 is 1.80 bits per heavy atom. The lowest BCUT2D eigenvalue weighted by Gasteiger charge is -2.42. The van der Waals surface area contributed by atoms with Gasteiger partial charge in [-0.3, -0.25) is 14.4 Å². The Bertz CT molecular complexity index is 1360. The molecule has 7 nitrogen and oxygen atoms in total. The van der Waals surface area contributed by atoms with Crippen molar-refractivity contribution in [1.82, 2.24) is 10.6 Å². The molecule has 0 unspecified atom stereocenters. The molecule has 0 bridgehead atoms. The number of ether oxygens (including phenoxy) is 1. The van der Waals surface area contributed by atoms with E-state index in [1.165, 1.54) is 12.1 Å². The zero-order valence-corrected chi connectivity index (χ0v) is 19.8.